The van der Waals surface area contributed by atoms with E-state index in [1.807, 2.05) is 12.1 Å². The van der Waals surface area contributed by atoms with Gasteiger partial charge in [0.25, 0.3) is 0 Å². The topological polar surface area (TPSA) is 26.3 Å². The molecule has 0 radical (unpaired) electrons. The molecular formula is C28H27F7O2S. The van der Waals surface area contributed by atoms with Gasteiger partial charge in [-0.3, -0.25) is 0 Å². The van der Waals surface area contributed by atoms with Gasteiger partial charge in [-0.05, 0) is 66.3 Å². The van der Waals surface area contributed by atoms with Gasteiger partial charge in [0.05, 0.1) is 5.56 Å². The number of rotatable bonds is 7. The van der Waals surface area contributed by atoms with E-state index in [-0.39, 0.29) is 11.6 Å². The standard InChI is InChI=1S/C28H27F7O2S/c1-2-3-18-4-6-19(7-5-18)20-8-10-21(11-9-20)22-12-14-23(15-13-22)28(36)37-27-25(30)16-24(29)17-26(27)38(31,32,33,34)35/h8-19H,2-7H2,1H3. The number of ether oxygens (including phenoxy) is 1. The highest BCUT2D eigenvalue weighted by molar-refractivity contribution is 8.45. The molecule has 0 heterocycles. The number of carbonyl (C=O) groups is 1. The molecule has 1 aliphatic rings. The van der Waals surface area contributed by atoms with E-state index in [1.54, 1.807) is 0 Å². The lowest BCUT2D eigenvalue weighted by Gasteiger charge is -2.41. The summed E-state index contributed by atoms with van der Waals surface area (Å²) in [4.78, 5) is 9.45. The average Bonchev–Trinajstić information content (AvgIpc) is 2.85. The zero-order chi connectivity index (χ0) is 27.8. The minimum absolute atomic E-state index is 0.0702. The van der Waals surface area contributed by atoms with E-state index >= 15 is 0 Å². The van der Waals surface area contributed by atoms with Crippen molar-refractivity contribution in [2.24, 2.45) is 5.92 Å². The van der Waals surface area contributed by atoms with E-state index < -0.39 is 44.5 Å². The summed E-state index contributed by atoms with van der Waals surface area (Å²) in [7, 11) is -10.6. The quantitative estimate of drug-likeness (QED) is 0.163. The van der Waals surface area contributed by atoms with Crippen LogP contribution < -0.4 is 4.74 Å². The molecule has 10 heteroatoms. The highest BCUT2D eigenvalue weighted by Crippen LogP contribution is 3.03. The van der Waals surface area contributed by atoms with Crippen LogP contribution in [0.25, 0.3) is 11.1 Å². The van der Waals surface area contributed by atoms with Crippen LogP contribution in [0.15, 0.2) is 65.6 Å². The molecule has 1 aliphatic carbocycles. The zero-order valence-corrected chi connectivity index (χ0v) is 21.4. The van der Waals surface area contributed by atoms with Gasteiger partial charge in [0.15, 0.2) is 16.5 Å². The van der Waals surface area contributed by atoms with Crippen LogP contribution in [0.3, 0.4) is 0 Å². The second kappa shape index (κ2) is 9.63. The first kappa shape index (κ1) is 28.0. The Bertz CT molecular complexity index is 1310. The zero-order valence-electron chi connectivity index (χ0n) is 20.5. The SMILES string of the molecule is CCCC1CCC(c2ccc(-c3ccc(C(=O)Oc4c(F)cc(F)cc4S(F)(F)(F)(F)F)cc3)cc2)CC1. The number of esters is 1. The van der Waals surface area contributed by atoms with E-state index in [0.717, 1.165) is 24.3 Å². The highest BCUT2D eigenvalue weighted by Gasteiger charge is 2.68. The van der Waals surface area contributed by atoms with Crippen LogP contribution in [0, 0.1) is 17.6 Å². The number of halogens is 7. The van der Waals surface area contributed by atoms with Gasteiger partial charge in [0.2, 0.25) is 0 Å². The molecule has 0 bridgehead atoms. The molecule has 3 aromatic carbocycles. The lowest BCUT2D eigenvalue weighted by atomic mass is 9.77. The molecule has 0 spiro atoms. The molecule has 4 rings (SSSR count). The number of hydrogen-bond donors (Lipinski definition) is 0. The van der Waals surface area contributed by atoms with Gasteiger partial charge in [-0.2, -0.15) is 0 Å². The average molecular weight is 561 g/mol. The first-order chi connectivity index (χ1) is 17.6. The van der Waals surface area contributed by atoms with E-state index in [4.69, 9.17) is 0 Å². The maximum atomic E-state index is 14.0. The van der Waals surface area contributed by atoms with Crippen LogP contribution in [0.5, 0.6) is 5.75 Å². The van der Waals surface area contributed by atoms with Crippen molar-refractivity contribution in [3.8, 4) is 16.9 Å². The van der Waals surface area contributed by atoms with Gasteiger partial charge in [0, 0.05) is 12.1 Å². The number of hydrogen-bond acceptors (Lipinski definition) is 2. The van der Waals surface area contributed by atoms with Crippen molar-refractivity contribution in [1.29, 1.82) is 0 Å². The summed E-state index contributed by atoms with van der Waals surface area (Å²) in [5.74, 6) is -6.21. The molecule has 38 heavy (non-hydrogen) atoms. The summed E-state index contributed by atoms with van der Waals surface area (Å²) in [6, 6.07) is 12.8. The van der Waals surface area contributed by atoms with E-state index in [2.05, 4.69) is 23.8 Å². The summed E-state index contributed by atoms with van der Waals surface area (Å²) in [5.41, 5.74) is 2.48. The molecule has 0 N–H and O–H groups in total. The molecular weight excluding hydrogens is 533 g/mol. The Kier molecular flexibility index (Phi) is 7.10. The molecule has 0 atom stereocenters. The predicted octanol–water partition coefficient (Wildman–Crippen LogP) is 10.6. The van der Waals surface area contributed by atoms with Crippen molar-refractivity contribution in [3.63, 3.8) is 0 Å². The van der Waals surface area contributed by atoms with Crippen molar-refractivity contribution in [2.75, 3.05) is 0 Å². The molecule has 2 nitrogen and oxygen atoms in total. The lowest BCUT2D eigenvalue weighted by Crippen LogP contribution is -2.15. The third-order valence-corrected chi connectivity index (χ3v) is 8.10. The maximum Gasteiger partial charge on any atom is 0.343 e. The first-order valence-electron chi connectivity index (χ1n) is 12.3. The molecule has 0 aliphatic heterocycles. The summed E-state index contributed by atoms with van der Waals surface area (Å²) >= 11 is 0. The largest absolute Gasteiger partial charge is 0.418 e. The Morgan fingerprint density at radius 3 is 1.92 bits per heavy atom. The fraction of sp³-hybridized carbons (Fsp3) is 0.321. The van der Waals surface area contributed by atoms with E-state index in [9.17, 15) is 33.0 Å². The monoisotopic (exact) mass is 560 g/mol. The van der Waals surface area contributed by atoms with Crippen molar-refractivity contribution >= 4 is 16.2 Å². The van der Waals surface area contributed by atoms with Crippen LogP contribution in [0.2, 0.25) is 0 Å². The fourth-order valence-corrected chi connectivity index (χ4v) is 5.84. The smallest absolute Gasteiger partial charge is 0.343 e. The van der Waals surface area contributed by atoms with Gasteiger partial charge in [-0.1, -0.05) is 75.6 Å². The Morgan fingerprint density at radius 2 is 1.39 bits per heavy atom. The minimum Gasteiger partial charge on any atom is -0.418 e. The maximum absolute atomic E-state index is 14.0. The molecule has 1 saturated carbocycles. The summed E-state index contributed by atoms with van der Waals surface area (Å²) in [5, 5.41) is 0. The summed E-state index contributed by atoms with van der Waals surface area (Å²) in [6.45, 7) is 2.21. The van der Waals surface area contributed by atoms with Crippen molar-refractivity contribution in [3.05, 3.63) is 83.4 Å². The van der Waals surface area contributed by atoms with Crippen LogP contribution in [-0.4, -0.2) is 5.97 Å². The Balaban J connectivity index is 1.48. The molecule has 0 aromatic heterocycles. The van der Waals surface area contributed by atoms with Crippen LogP contribution in [0.4, 0.5) is 28.2 Å². The van der Waals surface area contributed by atoms with E-state index in [1.165, 1.54) is 55.5 Å². The fourth-order valence-electron chi connectivity index (χ4n) is 5.01. The third-order valence-electron chi connectivity index (χ3n) is 6.96. The summed E-state index contributed by atoms with van der Waals surface area (Å²) in [6.07, 6.45) is 7.23. The lowest BCUT2D eigenvalue weighted by molar-refractivity contribution is 0.0721. The predicted molar refractivity (Wildman–Crippen MR) is 134 cm³/mol. The molecule has 0 unspecified atom stereocenters. The summed E-state index contributed by atoms with van der Waals surface area (Å²) < 4.78 is 98.4. The number of carbonyl (C=O) groups excluding carboxylic acids is 1. The number of benzene rings is 3. The Labute approximate surface area is 216 Å². The normalized spacial score (nSPS) is 19.9. The van der Waals surface area contributed by atoms with Crippen LogP contribution in [-0.2, 0) is 0 Å². The van der Waals surface area contributed by atoms with Gasteiger partial charge in [0.1, 0.15) is 5.82 Å². The molecule has 0 amide bonds. The van der Waals surface area contributed by atoms with Crippen LogP contribution >= 0.6 is 10.2 Å². The van der Waals surface area contributed by atoms with Gasteiger partial charge in [-0.15, -0.1) is 0 Å². The van der Waals surface area contributed by atoms with Crippen molar-refractivity contribution in [1.82, 2.24) is 0 Å². The van der Waals surface area contributed by atoms with Gasteiger partial charge in [-0.25, -0.2) is 13.6 Å². The van der Waals surface area contributed by atoms with E-state index in [0.29, 0.717) is 11.5 Å². The van der Waals surface area contributed by atoms with Crippen molar-refractivity contribution < 1.29 is 37.7 Å². The van der Waals surface area contributed by atoms with Gasteiger partial charge >= 0.3 is 16.2 Å². The second-order valence-electron chi connectivity index (χ2n) is 9.78. The molecule has 1 fully saturated rings. The van der Waals surface area contributed by atoms with Crippen LogP contribution in [0.1, 0.15) is 67.3 Å². The van der Waals surface area contributed by atoms with Crippen molar-refractivity contribution in [2.45, 2.75) is 56.3 Å². The second-order valence-corrected chi connectivity index (χ2v) is 12.2. The first-order valence-corrected chi connectivity index (χ1v) is 14.3. The molecule has 3 aromatic rings. The highest BCUT2D eigenvalue weighted by atomic mass is 32.5. The molecule has 0 saturated heterocycles. The van der Waals surface area contributed by atoms with Gasteiger partial charge < -0.3 is 4.74 Å². The Hall–Kier alpha value is -3.01. The minimum atomic E-state index is -10.6. The third kappa shape index (κ3) is 6.51. The Morgan fingerprint density at radius 1 is 0.842 bits per heavy atom. The molecule has 206 valence electrons.